The molecule has 4 N–H and O–H groups in total. The van der Waals surface area contributed by atoms with Gasteiger partial charge in [-0.3, -0.25) is 4.79 Å². The largest absolute Gasteiger partial charge is 0.507 e. The van der Waals surface area contributed by atoms with Gasteiger partial charge >= 0.3 is 0 Å². The van der Waals surface area contributed by atoms with Crippen molar-refractivity contribution in [3.63, 3.8) is 0 Å². The molecule has 0 aliphatic rings. The Hall–Kier alpha value is -1.60. The van der Waals surface area contributed by atoms with Crippen molar-refractivity contribution in [2.75, 3.05) is 17.3 Å². The van der Waals surface area contributed by atoms with Crippen LogP contribution < -0.4 is 11.1 Å². The predicted octanol–water partition coefficient (Wildman–Crippen LogP) is 0.710. The summed E-state index contributed by atoms with van der Waals surface area (Å²) < 4.78 is 22.1. The lowest BCUT2D eigenvalue weighted by Gasteiger charge is -2.14. The number of hydrogen-bond acceptors (Lipinski definition) is 5. The molecule has 0 radical (unpaired) electrons. The lowest BCUT2D eigenvalue weighted by atomic mass is 10.1. The Morgan fingerprint density at radius 2 is 2.00 bits per heavy atom. The second-order valence-electron chi connectivity index (χ2n) is 4.92. The molecule has 1 amide bonds. The third kappa shape index (κ3) is 4.50. The number of benzene rings is 1. The number of sulfone groups is 1. The van der Waals surface area contributed by atoms with E-state index in [0.717, 1.165) is 6.26 Å². The van der Waals surface area contributed by atoms with E-state index in [-0.39, 0.29) is 17.9 Å². The fourth-order valence-electron chi connectivity index (χ4n) is 1.67. The number of phenols is 1. The van der Waals surface area contributed by atoms with Crippen molar-refractivity contribution >= 4 is 21.4 Å². The van der Waals surface area contributed by atoms with Crippen molar-refractivity contribution in [2.24, 2.45) is 5.73 Å². The van der Waals surface area contributed by atoms with E-state index in [1.54, 1.807) is 26.0 Å². The summed E-state index contributed by atoms with van der Waals surface area (Å²) in [5.41, 5.74) is 7.38. The van der Waals surface area contributed by atoms with Crippen LogP contribution in [0.25, 0.3) is 0 Å². The molecule has 0 aliphatic heterocycles. The summed E-state index contributed by atoms with van der Waals surface area (Å²) in [6.07, 6.45) is 1.15. The zero-order chi connectivity index (χ0) is 15.5. The lowest BCUT2D eigenvalue weighted by molar-refractivity contribution is -0.117. The molecule has 7 heteroatoms. The van der Waals surface area contributed by atoms with Crippen LogP contribution >= 0.6 is 0 Å². The maximum atomic E-state index is 11.9. The highest BCUT2D eigenvalue weighted by Crippen LogP contribution is 2.28. The number of aromatic hydroxyl groups is 1. The van der Waals surface area contributed by atoms with Gasteiger partial charge in [0.25, 0.3) is 0 Å². The van der Waals surface area contributed by atoms with Crippen LogP contribution in [0.3, 0.4) is 0 Å². The highest BCUT2D eigenvalue weighted by molar-refractivity contribution is 7.90. The van der Waals surface area contributed by atoms with Gasteiger partial charge in [0.05, 0.1) is 11.8 Å². The van der Waals surface area contributed by atoms with Gasteiger partial charge in [0.1, 0.15) is 15.6 Å². The second kappa shape index (κ2) is 6.23. The molecule has 1 atom stereocenters. The van der Waals surface area contributed by atoms with Crippen LogP contribution in [0.5, 0.6) is 5.75 Å². The second-order valence-corrected chi connectivity index (χ2v) is 7.18. The molecule has 0 saturated heterocycles. The fraction of sp³-hybridized carbons (Fsp3) is 0.462. The summed E-state index contributed by atoms with van der Waals surface area (Å²) in [6, 6.07) is 2.44. The molecular weight excluding hydrogens is 280 g/mol. The molecule has 0 aromatic heterocycles. The minimum Gasteiger partial charge on any atom is -0.507 e. The van der Waals surface area contributed by atoms with Crippen molar-refractivity contribution < 1.29 is 18.3 Å². The number of hydrogen-bond donors (Lipinski definition) is 3. The standard InChI is InChI=1S/C13H20N2O4S/c1-8-4-5-11(9(2)12(8)16)15-13(17)10(14)6-7-20(3,18)19/h4-5,10,16H,6-7,14H2,1-3H3,(H,15,17). The maximum absolute atomic E-state index is 11.9. The molecule has 1 aromatic rings. The number of carbonyl (C=O) groups is 1. The first-order valence-electron chi connectivity index (χ1n) is 6.15. The number of phenolic OH excluding ortho intramolecular Hbond substituents is 1. The van der Waals surface area contributed by atoms with Gasteiger partial charge < -0.3 is 16.2 Å². The third-order valence-corrected chi connectivity index (χ3v) is 4.00. The van der Waals surface area contributed by atoms with Gasteiger partial charge in [0, 0.05) is 17.5 Å². The Morgan fingerprint density at radius 3 is 2.55 bits per heavy atom. The lowest BCUT2D eigenvalue weighted by Crippen LogP contribution is -2.37. The van der Waals surface area contributed by atoms with Crippen LogP contribution in [0.15, 0.2) is 12.1 Å². The number of carbonyl (C=O) groups excluding carboxylic acids is 1. The quantitative estimate of drug-likeness (QED) is 0.742. The summed E-state index contributed by atoms with van der Waals surface area (Å²) in [7, 11) is -3.15. The maximum Gasteiger partial charge on any atom is 0.241 e. The Bertz CT molecular complexity index is 611. The zero-order valence-electron chi connectivity index (χ0n) is 11.8. The van der Waals surface area contributed by atoms with E-state index >= 15 is 0 Å². The van der Waals surface area contributed by atoms with Gasteiger partial charge in [-0.05, 0) is 31.9 Å². The zero-order valence-corrected chi connectivity index (χ0v) is 12.6. The van der Waals surface area contributed by atoms with Crippen molar-refractivity contribution in [3.8, 4) is 5.75 Å². The first-order valence-corrected chi connectivity index (χ1v) is 8.21. The minimum absolute atomic E-state index is 0.0571. The van der Waals surface area contributed by atoms with Gasteiger partial charge in [-0.2, -0.15) is 0 Å². The van der Waals surface area contributed by atoms with Crippen molar-refractivity contribution in [2.45, 2.75) is 26.3 Å². The summed E-state index contributed by atoms with van der Waals surface area (Å²) in [6.45, 7) is 3.44. The molecular formula is C13H20N2O4S. The van der Waals surface area contributed by atoms with Crippen molar-refractivity contribution in [1.82, 2.24) is 0 Å². The van der Waals surface area contributed by atoms with E-state index in [4.69, 9.17) is 5.73 Å². The van der Waals surface area contributed by atoms with E-state index in [1.807, 2.05) is 0 Å². The van der Waals surface area contributed by atoms with Crippen LogP contribution in [0, 0.1) is 13.8 Å². The van der Waals surface area contributed by atoms with Gasteiger partial charge in [-0.15, -0.1) is 0 Å². The van der Waals surface area contributed by atoms with Gasteiger partial charge in [0.15, 0.2) is 0 Å². The molecule has 1 unspecified atom stereocenters. The number of rotatable bonds is 5. The molecule has 1 rings (SSSR count). The van der Waals surface area contributed by atoms with Crippen LogP contribution in [-0.2, 0) is 14.6 Å². The van der Waals surface area contributed by atoms with Crippen LogP contribution in [0.1, 0.15) is 17.5 Å². The summed E-state index contributed by atoms with van der Waals surface area (Å²) in [4.78, 5) is 11.9. The first-order chi connectivity index (χ1) is 9.11. The Labute approximate surface area is 118 Å². The van der Waals surface area contributed by atoms with E-state index in [2.05, 4.69) is 5.32 Å². The van der Waals surface area contributed by atoms with Crippen molar-refractivity contribution in [1.29, 1.82) is 0 Å². The molecule has 0 heterocycles. The first kappa shape index (κ1) is 16.5. The summed E-state index contributed by atoms with van der Waals surface area (Å²) >= 11 is 0. The highest BCUT2D eigenvalue weighted by atomic mass is 32.2. The Balaban J connectivity index is 2.74. The predicted molar refractivity (Wildman–Crippen MR) is 78.5 cm³/mol. The number of amides is 1. The Kier molecular flexibility index (Phi) is 5.13. The topological polar surface area (TPSA) is 109 Å². The average molecular weight is 300 g/mol. The average Bonchev–Trinajstić information content (AvgIpc) is 2.35. The minimum atomic E-state index is -3.15. The third-order valence-electron chi connectivity index (χ3n) is 3.03. The van der Waals surface area contributed by atoms with E-state index < -0.39 is 21.8 Å². The van der Waals surface area contributed by atoms with Crippen molar-refractivity contribution in [3.05, 3.63) is 23.3 Å². The molecule has 0 aliphatic carbocycles. The summed E-state index contributed by atoms with van der Waals surface area (Å²) in [5, 5.41) is 12.4. The van der Waals surface area contributed by atoms with Gasteiger partial charge in [-0.1, -0.05) is 6.07 Å². The number of aryl methyl sites for hydroxylation is 1. The van der Waals surface area contributed by atoms with Crippen LogP contribution in [0.4, 0.5) is 5.69 Å². The van der Waals surface area contributed by atoms with Gasteiger partial charge in [-0.25, -0.2) is 8.42 Å². The number of nitrogens with one attached hydrogen (secondary N) is 1. The SMILES string of the molecule is Cc1ccc(NC(=O)C(N)CCS(C)(=O)=O)c(C)c1O. The number of anilines is 1. The summed E-state index contributed by atoms with van der Waals surface area (Å²) in [5.74, 6) is -0.493. The molecule has 1 aromatic carbocycles. The molecule has 0 saturated carbocycles. The number of nitrogens with two attached hydrogens (primary N) is 1. The molecule has 112 valence electrons. The Morgan fingerprint density at radius 1 is 1.40 bits per heavy atom. The molecule has 0 spiro atoms. The molecule has 6 nitrogen and oxygen atoms in total. The monoisotopic (exact) mass is 300 g/mol. The molecule has 0 bridgehead atoms. The highest BCUT2D eigenvalue weighted by Gasteiger charge is 2.17. The van der Waals surface area contributed by atoms with E-state index in [1.165, 1.54) is 0 Å². The van der Waals surface area contributed by atoms with Crippen LogP contribution in [0.2, 0.25) is 0 Å². The van der Waals surface area contributed by atoms with Crippen LogP contribution in [-0.4, -0.2) is 37.5 Å². The van der Waals surface area contributed by atoms with Gasteiger partial charge in [0.2, 0.25) is 5.91 Å². The van der Waals surface area contributed by atoms with E-state index in [9.17, 15) is 18.3 Å². The molecule has 0 fully saturated rings. The smallest absolute Gasteiger partial charge is 0.241 e. The van der Waals surface area contributed by atoms with E-state index in [0.29, 0.717) is 16.8 Å². The molecule has 20 heavy (non-hydrogen) atoms. The fourth-order valence-corrected chi connectivity index (χ4v) is 2.35. The normalized spacial score (nSPS) is 13.0.